The Balaban J connectivity index is 1.86. The lowest BCUT2D eigenvalue weighted by Gasteiger charge is -2.31. The number of hydrogen-bond acceptors (Lipinski definition) is 2. The quantitative estimate of drug-likeness (QED) is 0.849. The van der Waals surface area contributed by atoms with Gasteiger partial charge in [0.25, 0.3) is 0 Å². The fourth-order valence-corrected chi connectivity index (χ4v) is 3.17. The van der Waals surface area contributed by atoms with Gasteiger partial charge in [0, 0.05) is 26.6 Å². The average Bonchev–Trinajstić information content (AvgIpc) is 2.87. The Morgan fingerprint density at radius 3 is 2.52 bits per heavy atom. The number of likely N-dealkylation sites (tertiary alicyclic amines) is 1. The van der Waals surface area contributed by atoms with Gasteiger partial charge in [-0.05, 0) is 30.9 Å². The molecule has 124 valence electrons. The number of aromatic nitrogens is 2. The summed E-state index contributed by atoms with van der Waals surface area (Å²) in [6, 6.07) is 6.67. The standard InChI is InChI=1S/C16H18F3N3O/c1-11(23)21-8-6-12(7-9-21)10-22-14-5-3-2-4-13(14)20-15(22)16(17,18)19/h2-5,12H,6-10H2,1H3. The molecule has 7 heteroatoms. The predicted octanol–water partition coefficient (Wildman–Crippen LogP) is 3.31. The van der Waals surface area contributed by atoms with E-state index in [4.69, 9.17) is 0 Å². The van der Waals surface area contributed by atoms with E-state index in [1.165, 1.54) is 11.5 Å². The van der Waals surface area contributed by atoms with Crippen LogP contribution in [0.4, 0.5) is 13.2 Å². The zero-order valence-corrected chi connectivity index (χ0v) is 12.8. The third-order valence-electron chi connectivity index (χ3n) is 4.41. The number of halogens is 3. The maximum Gasteiger partial charge on any atom is 0.449 e. The molecular weight excluding hydrogens is 307 g/mol. The maximum atomic E-state index is 13.3. The maximum absolute atomic E-state index is 13.3. The Morgan fingerprint density at radius 1 is 1.26 bits per heavy atom. The molecule has 23 heavy (non-hydrogen) atoms. The van der Waals surface area contributed by atoms with Gasteiger partial charge in [-0.3, -0.25) is 4.79 Å². The van der Waals surface area contributed by atoms with Gasteiger partial charge in [-0.25, -0.2) is 4.98 Å². The van der Waals surface area contributed by atoms with Crippen LogP contribution in [-0.2, 0) is 17.5 Å². The Kier molecular flexibility index (Phi) is 4.04. The first kappa shape index (κ1) is 15.8. The summed E-state index contributed by atoms with van der Waals surface area (Å²) in [5.41, 5.74) is 0.870. The van der Waals surface area contributed by atoms with E-state index in [0.717, 1.165) is 0 Å². The van der Waals surface area contributed by atoms with Gasteiger partial charge < -0.3 is 9.47 Å². The van der Waals surface area contributed by atoms with E-state index in [1.807, 2.05) is 0 Å². The molecule has 4 nitrogen and oxygen atoms in total. The number of imidazole rings is 1. The zero-order valence-electron chi connectivity index (χ0n) is 12.8. The van der Waals surface area contributed by atoms with Gasteiger partial charge in [0.2, 0.25) is 11.7 Å². The topological polar surface area (TPSA) is 38.1 Å². The van der Waals surface area contributed by atoms with E-state index in [2.05, 4.69) is 4.98 Å². The summed E-state index contributed by atoms with van der Waals surface area (Å²) in [6.07, 6.45) is -3.05. The lowest BCUT2D eigenvalue weighted by Crippen LogP contribution is -2.38. The fourth-order valence-electron chi connectivity index (χ4n) is 3.17. The number of hydrogen-bond donors (Lipinski definition) is 0. The smallest absolute Gasteiger partial charge is 0.343 e. The molecule has 0 aliphatic carbocycles. The van der Waals surface area contributed by atoms with Crippen molar-refractivity contribution >= 4 is 16.9 Å². The number of rotatable bonds is 2. The molecule has 1 fully saturated rings. The van der Waals surface area contributed by atoms with E-state index in [9.17, 15) is 18.0 Å². The van der Waals surface area contributed by atoms with Crippen LogP contribution in [0.1, 0.15) is 25.6 Å². The summed E-state index contributed by atoms with van der Waals surface area (Å²) >= 11 is 0. The number of para-hydroxylation sites is 2. The van der Waals surface area contributed by atoms with E-state index in [-0.39, 0.29) is 18.4 Å². The Morgan fingerprint density at radius 2 is 1.91 bits per heavy atom. The van der Waals surface area contributed by atoms with Crippen LogP contribution in [0.3, 0.4) is 0 Å². The molecule has 0 bridgehead atoms. The summed E-state index contributed by atoms with van der Waals surface area (Å²) in [4.78, 5) is 16.9. The molecule has 1 aliphatic rings. The van der Waals surface area contributed by atoms with Crippen molar-refractivity contribution in [3.63, 3.8) is 0 Å². The van der Waals surface area contributed by atoms with Crippen molar-refractivity contribution < 1.29 is 18.0 Å². The number of amides is 1. The molecule has 0 atom stereocenters. The summed E-state index contributed by atoms with van der Waals surface area (Å²) in [7, 11) is 0. The normalized spacial score (nSPS) is 17.0. The minimum Gasteiger partial charge on any atom is -0.343 e. The molecule has 2 heterocycles. The summed E-state index contributed by atoms with van der Waals surface area (Å²) in [6.45, 7) is 3.01. The fraction of sp³-hybridized carbons (Fsp3) is 0.500. The molecule has 1 saturated heterocycles. The average molecular weight is 325 g/mol. The second kappa shape index (κ2) is 5.86. The van der Waals surface area contributed by atoms with Crippen LogP contribution < -0.4 is 0 Å². The monoisotopic (exact) mass is 325 g/mol. The van der Waals surface area contributed by atoms with Crippen molar-refractivity contribution in [1.29, 1.82) is 0 Å². The summed E-state index contributed by atoms with van der Waals surface area (Å²) in [5, 5.41) is 0. The van der Waals surface area contributed by atoms with Crippen LogP contribution in [0, 0.1) is 5.92 Å². The highest BCUT2D eigenvalue weighted by molar-refractivity contribution is 5.76. The van der Waals surface area contributed by atoms with Crippen LogP contribution in [0.5, 0.6) is 0 Å². The van der Waals surface area contributed by atoms with E-state index >= 15 is 0 Å². The van der Waals surface area contributed by atoms with Crippen LogP contribution in [0.2, 0.25) is 0 Å². The molecule has 0 saturated carbocycles. The Labute approximate surface area is 131 Å². The number of carbonyl (C=O) groups is 1. The number of carbonyl (C=O) groups excluding carboxylic acids is 1. The molecule has 3 rings (SSSR count). The Hall–Kier alpha value is -2.05. The SMILES string of the molecule is CC(=O)N1CCC(Cn2c(C(F)(F)F)nc3ccccc32)CC1. The van der Waals surface area contributed by atoms with Crippen LogP contribution in [0.25, 0.3) is 11.0 Å². The molecule has 2 aromatic rings. The molecular formula is C16H18F3N3O. The van der Waals surface area contributed by atoms with Gasteiger partial charge in [-0.2, -0.15) is 13.2 Å². The van der Waals surface area contributed by atoms with Gasteiger partial charge in [0.05, 0.1) is 11.0 Å². The van der Waals surface area contributed by atoms with E-state index < -0.39 is 12.0 Å². The third kappa shape index (κ3) is 3.18. The van der Waals surface area contributed by atoms with Gasteiger partial charge in [0.1, 0.15) is 0 Å². The highest BCUT2D eigenvalue weighted by atomic mass is 19.4. The highest BCUT2D eigenvalue weighted by Gasteiger charge is 2.38. The summed E-state index contributed by atoms with van der Waals surface area (Å²) in [5.74, 6) is -0.704. The zero-order chi connectivity index (χ0) is 16.6. The third-order valence-corrected chi connectivity index (χ3v) is 4.41. The second-order valence-corrected chi connectivity index (χ2v) is 5.98. The molecule has 1 aliphatic heterocycles. The van der Waals surface area contributed by atoms with Crippen molar-refractivity contribution in [3.05, 3.63) is 30.1 Å². The first-order chi connectivity index (χ1) is 10.9. The van der Waals surface area contributed by atoms with Crippen LogP contribution in [0.15, 0.2) is 24.3 Å². The van der Waals surface area contributed by atoms with Crippen molar-refractivity contribution in [1.82, 2.24) is 14.5 Å². The number of piperidine rings is 1. The second-order valence-electron chi connectivity index (χ2n) is 5.98. The van der Waals surface area contributed by atoms with Crippen molar-refractivity contribution in [3.8, 4) is 0 Å². The minimum atomic E-state index is -4.47. The Bertz CT molecular complexity index is 715. The van der Waals surface area contributed by atoms with Gasteiger partial charge in [0.15, 0.2) is 0 Å². The minimum absolute atomic E-state index is 0.0208. The van der Waals surface area contributed by atoms with Crippen LogP contribution >= 0.6 is 0 Å². The van der Waals surface area contributed by atoms with Crippen molar-refractivity contribution in [2.45, 2.75) is 32.5 Å². The first-order valence-corrected chi connectivity index (χ1v) is 7.64. The predicted molar refractivity (Wildman–Crippen MR) is 79.7 cm³/mol. The van der Waals surface area contributed by atoms with Crippen LogP contribution in [-0.4, -0.2) is 33.4 Å². The lowest BCUT2D eigenvalue weighted by molar-refractivity contribution is -0.147. The van der Waals surface area contributed by atoms with E-state index in [1.54, 1.807) is 29.2 Å². The van der Waals surface area contributed by atoms with Gasteiger partial charge >= 0.3 is 6.18 Å². The number of nitrogens with zero attached hydrogens (tertiary/aromatic N) is 3. The number of benzene rings is 1. The number of fused-ring (bicyclic) bond motifs is 1. The largest absolute Gasteiger partial charge is 0.449 e. The molecule has 1 aromatic carbocycles. The lowest BCUT2D eigenvalue weighted by atomic mass is 9.96. The van der Waals surface area contributed by atoms with Gasteiger partial charge in [-0.1, -0.05) is 12.1 Å². The molecule has 1 amide bonds. The van der Waals surface area contributed by atoms with Gasteiger partial charge in [-0.15, -0.1) is 0 Å². The molecule has 1 aromatic heterocycles. The molecule has 0 N–H and O–H groups in total. The first-order valence-electron chi connectivity index (χ1n) is 7.64. The summed E-state index contributed by atoms with van der Waals surface area (Å²) < 4.78 is 41.1. The molecule has 0 unspecified atom stereocenters. The molecule has 0 spiro atoms. The molecule has 0 radical (unpaired) electrons. The van der Waals surface area contributed by atoms with E-state index in [0.29, 0.717) is 37.0 Å². The number of alkyl halides is 3. The highest BCUT2D eigenvalue weighted by Crippen LogP contribution is 2.33. The van der Waals surface area contributed by atoms with Crippen molar-refractivity contribution in [2.24, 2.45) is 5.92 Å². The van der Waals surface area contributed by atoms with Crippen molar-refractivity contribution in [2.75, 3.05) is 13.1 Å².